The van der Waals surface area contributed by atoms with Crippen LogP contribution in [0.1, 0.15) is 39.5 Å². The fraction of sp³-hybridized carbons (Fsp3) is 0.800. The van der Waals surface area contributed by atoms with Crippen molar-refractivity contribution >= 4 is 34.1 Å². The van der Waals surface area contributed by atoms with Crippen LogP contribution in [0.3, 0.4) is 0 Å². The minimum absolute atomic E-state index is 0.0714. The first kappa shape index (κ1) is 18.5. The van der Waals surface area contributed by atoms with Crippen molar-refractivity contribution in [2.75, 3.05) is 37.0 Å². The molecule has 1 fully saturated rings. The van der Waals surface area contributed by atoms with E-state index in [-0.39, 0.29) is 11.9 Å². The SMILES string of the molecule is CCCCCC(C)NC(=O)CSc1nnc(N2CCOCC2)s1. The standard InChI is InChI=1S/C15H26N4O2S2/c1-3-4-5-6-12(2)16-13(20)11-22-15-18-17-14(23-15)19-7-9-21-10-8-19/h12H,3-11H2,1-2H3,(H,16,20). The number of thioether (sulfide) groups is 1. The Hall–Kier alpha value is -0.860. The molecule has 0 aliphatic carbocycles. The first-order valence-electron chi connectivity index (χ1n) is 8.27. The zero-order chi connectivity index (χ0) is 16.5. The van der Waals surface area contributed by atoms with Crippen molar-refractivity contribution in [3.05, 3.63) is 0 Å². The lowest BCUT2D eigenvalue weighted by Gasteiger charge is -2.25. The summed E-state index contributed by atoms with van der Waals surface area (Å²) in [7, 11) is 0. The highest BCUT2D eigenvalue weighted by Gasteiger charge is 2.16. The smallest absolute Gasteiger partial charge is 0.230 e. The zero-order valence-electron chi connectivity index (χ0n) is 13.9. The monoisotopic (exact) mass is 358 g/mol. The highest BCUT2D eigenvalue weighted by atomic mass is 32.2. The Balaban J connectivity index is 1.68. The third-order valence-corrected chi connectivity index (χ3v) is 5.77. The van der Waals surface area contributed by atoms with Crippen LogP contribution >= 0.6 is 23.1 Å². The predicted octanol–water partition coefficient (Wildman–Crippen LogP) is 2.55. The van der Waals surface area contributed by atoms with Gasteiger partial charge in [0, 0.05) is 19.1 Å². The lowest BCUT2D eigenvalue weighted by Crippen LogP contribution is -2.36. The summed E-state index contributed by atoms with van der Waals surface area (Å²) in [4.78, 5) is 14.1. The van der Waals surface area contributed by atoms with Crippen molar-refractivity contribution in [1.29, 1.82) is 0 Å². The van der Waals surface area contributed by atoms with Crippen molar-refractivity contribution in [3.8, 4) is 0 Å². The normalized spacial score (nSPS) is 16.3. The summed E-state index contributed by atoms with van der Waals surface area (Å²) < 4.78 is 6.18. The number of aromatic nitrogens is 2. The van der Waals surface area contributed by atoms with Crippen LogP contribution in [0.2, 0.25) is 0 Å². The van der Waals surface area contributed by atoms with Gasteiger partial charge in [-0.2, -0.15) is 0 Å². The molecule has 0 bridgehead atoms. The number of morpholine rings is 1. The molecule has 0 spiro atoms. The van der Waals surface area contributed by atoms with Crippen LogP contribution in [0.5, 0.6) is 0 Å². The third kappa shape index (κ3) is 6.64. The van der Waals surface area contributed by atoms with Gasteiger partial charge < -0.3 is 15.0 Å². The van der Waals surface area contributed by atoms with Gasteiger partial charge in [0.1, 0.15) is 0 Å². The van der Waals surface area contributed by atoms with E-state index in [1.165, 1.54) is 31.0 Å². The van der Waals surface area contributed by atoms with E-state index in [9.17, 15) is 4.79 Å². The van der Waals surface area contributed by atoms with E-state index in [4.69, 9.17) is 4.74 Å². The largest absolute Gasteiger partial charge is 0.378 e. The van der Waals surface area contributed by atoms with E-state index in [2.05, 4.69) is 34.3 Å². The average Bonchev–Trinajstić information content (AvgIpc) is 3.03. The number of hydrogen-bond acceptors (Lipinski definition) is 7. The Morgan fingerprint density at radius 2 is 2.17 bits per heavy atom. The van der Waals surface area contributed by atoms with Crippen LogP contribution < -0.4 is 10.2 Å². The maximum Gasteiger partial charge on any atom is 0.230 e. The number of nitrogens with one attached hydrogen (secondary N) is 1. The number of nitrogens with zero attached hydrogens (tertiary/aromatic N) is 3. The van der Waals surface area contributed by atoms with Crippen molar-refractivity contribution in [2.24, 2.45) is 0 Å². The number of anilines is 1. The first-order chi connectivity index (χ1) is 11.2. The molecule has 0 saturated carbocycles. The van der Waals surface area contributed by atoms with Gasteiger partial charge in [0.15, 0.2) is 4.34 Å². The predicted molar refractivity (Wildman–Crippen MR) is 95.4 cm³/mol. The van der Waals surface area contributed by atoms with Crippen molar-refractivity contribution in [2.45, 2.75) is 49.9 Å². The van der Waals surface area contributed by atoms with Crippen molar-refractivity contribution < 1.29 is 9.53 Å². The fourth-order valence-corrected chi connectivity index (χ4v) is 4.06. The van der Waals surface area contributed by atoms with Gasteiger partial charge in [0.2, 0.25) is 11.0 Å². The lowest BCUT2D eigenvalue weighted by molar-refractivity contribution is -0.119. The Morgan fingerprint density at radius 1 is 1.39 bits per heavy atom. The number of unbranched alkanes of at least 4 members (excludes halogenated alkanes) is 2. The number of rotatable bonds is 9. The summed E-state index contributed by atoms with van der Waals surface area (Å²) in [5.41, 5.74) is 0. The second-order valence-corrected chi connectivity index (χ2v) is 7.88. The van der Waals surface area contributed by atoms with Crippen LogP contribution in [0, 0.1) is 0 Å². The maximum absolute atomic E-state index is 12.0. The number of amides is 1. The van der Waals surface area contributed by atoms with Gasteiger partial charge in [-0.05, 0) is 13.3 Å². The van der Waals surface area contributed by atoms with Crippen molar-refractivity contribution in [3.63, 3.8) is 0 Å². The summed E-state index contributed by atoms with van der Waals surface area (Å²) in [6.45, 7) is 7.44. The molecule has 1 aliphatic heterocycles. The van der Waals surface area contributed by atoms with E-state index in [0.717, 1.165) is 42.2 Å². The quantitative estimate of drug-likeness (QED) is 0.540. The molecule has 0 radical (unpaired) electrons. The van der Waals surface area contributed by atoms with Crippen LogP contribution in [0.25, 0.3) is 0 Å². The molecule has 1 aromatic heterocycles. The Morgan fingerprint density at radius 3 is 2.91 bits per heavy atom. The number of hydrogen-bond donors (Lipinski definition) is 1. The molecule has 23 heavy (non-hydrogen) atoms. The molecule has 1 N–H and O–H groups in total. The molecule has 1 saturated heterocycles. The van der Waals surface area contributed by atoms with Gasteiger partial charge in [-0.3, -0.25) is 4.79 Å². The molecule has 1 unspecified atom stereocenters. The van der Waals surface area contributed by atoms with Gasteiger partial charge in [0.25, 0.3) is 0 Å². The highest BCUT2D eigenvalue weighted by molar-refractivity contribution is 8.01. The second kappa shape index (κ2) is 10.1. The van der Waals surface area contributed by atoms with Gasteiger partial charge in [0.05, 0.1) is 19.0 Å². The lowest BCUT2D eigenvalue weighted by atomic mass is 10.1. The van der Waals surface area contributed by atoms with E-state index in [0.29, 0.717) is 5.75 Å². The first-order valence-corrected chi connectivity index (χ1v) is 10.1. The zero-order valence-corrected chi connectivity index (χ0v) is 15.5. The van der Waals surface area contributed by atoms with Crippen LogP contribution in [0.15, 0.2) is 4.34 Å². The van der Waals surface area contributed by atoms with E-state index >= 15 is 0 Å². The molecular weight excluding hydrogens is 332 g/mol. The van der Waals surface area contributed by atoms with Crippen LogP contribution in [-0.4, -0.2) is 54.2 Å². The van der Waals surface area contributed by atoms with Gasteiger partial charge in [-0.25, -0.2) is 0 Å². The van der Waals surface area contributed by atoms with Gasteiger partial charge in [-0.15, -0.1) is 10.2 Å². The molecule has 2 rings (SSSR count). The van der Waals surface area contributed by atoms with Crippen molar-refractivity contribution in [1.82, 2.24) is 15.5 Å². The molecule has 2 heterocycles. The minimum Gasteiger partial charge on any atom is -0.378 e. The molecule has 130 valence electrons. The van der Waals surface area contributed by atoms with Crippen LogP contribution in [-0.2, 0) is 9.53 Å². The molecule has 1 aromatic rings. The minimum atomic E-state index is 0.0714. The summed E-state index contributed by atoms with van der Waals surface area (Å²) in [5, 5.41) is 12.4. The molecule has 0 aromatic carbocycles. The Bertz CT molecular complexity index is 478. The summed E-state index contributed by atoms with van der Waals surface area (Å²) in [6.07, 6.45) is 4.65. The van der Waals surface area contributed by atoms with Crippen LogP contribution in [0.4, 0.5) is 5.13 Å². The van der Waals surface area contributed by atoms with Gasteiger partial charge >= 0.3 is 0 Å². The van der Waals surface area contributed by atoms with E-state index in [1.54, 1.807) is 11.3 Å². The van der Waals surface area contributed by atoms with E-state index < -0.39 is 0 Å². The fourth-order valence-electron chi connectivity index (χ4n) is 2.36. The number of carbonyl (C=O) groups is 1. The maximum atomic E-state index is 12.0. The molecular formula is C15H26N4O2S2. The van der Waals surface area contributed by atoms with Gasteiger partial charge in [-0.1, -0.05) is 49.3 Å². The third-order valence-electron chi connectivity index (χ3n) is 3.65. The molecule has 1 amide bonds. The summed E-state index contributed by atoms with van der Waals surface area (Å²) in [6, 6.07) is 0.244. The molecule has 6 nitrogen and oxygen atoms in total. The number of carbonyl (C=O) groups excluding carboxylic acids is 1. The number of ether oxygens (including phenoxy) is 1. The topological polar surface area (TPSA) is 67.4 Å². The second-order valence-electron chi connectivity index (χ2n) is 5.70. The summed E-state index contributed by atoms with van der Waals surface area (Å²) in [5.74, 6) is 0.470. The average molecular weight is 359 g/mol. The van der Waals surface area contributed by atoms with E-state index in [1.807, 2.05) is 0 Å². The molecule has 1 atom stereocenters. The Labute approximate surface area is 146 Å². The molecule has 1 aliphatic rings. The summed E-state index contributed by atoms with van der Waals surface area (Å²) >= 11 is 3.01. The highest BCUT2D eigenvalue weighted by Crippen LogP contribution is 2.28. The molecule has 8 heteroatoms. The Kier molecular flexibility index (Phi) is 8.11.